The van der Waals surface area contributed by atoms with Gasteiger partial charge in [-0.2, -0.15) is 0 Å². The van der Waals surface area contributed by atoms with Gasteiger partial charge in [0.15, 0.2) is 5.82 Å². The summed E-state index contributed by atoms with van der Waals surface area (Å²) in [4.78, 5) is 6.29. The average Bonchev–Trinajstić information content (AvgIpc) is 2.01. The van der Waals surface area contributed by atoms with Crippen LogP contribution in [-0.4, -0.2) is 18.6 Å². The first kappa shape index (κ1) is 10.6. The molecule has 14 heavy (non-hydrogen) atoms. The van der Waals surface area contributed by atoms with Crippen LogP contribution in [0.4, 0.5) is 11.5 Å². The number of hydrogen-bond donors (Lipinski definition) is 1. The molecule has 0 amide bonds. The molecule has 0 aromatic carbocycles. The molecule has 0 aliphatic rings. The first-order valence-electron chi connectivity index (χ1n) is 4.58. The lowest BCUT2D eigenvalue weighted by molar-refractivity contribution is 0.955. The number of rotatable bonds is 3. The van der Waals surface area contributed by atoms with Crippen LogP contribution in [0.5, 0.6) is 0 Å². The van der Waals surface area contributed by atoms with E-state index in [-0.39, 0.29) is 0 Å². The SMILES string of the molecule is C=C(C)CN(C)c1ncc(C)cc1N. The maximum atomic E-state index is 5.86. The Bertz CT molecular complexity index is 344. The number of anilines is 2. The van der Waals surface area contributed by atoms with Crippen LogP contribution in [-0.2, 0) is 0 Å². The molecule has 1 aromatic heterocycles. The monoisotopic (exact) mass is 191 g/mol. The maximum absolute atomic E-state index is 5.86. The smallest absolute Gasteiger partial charge is 0.151 e. The van der Waals surface area contributed by atoms with E-state index in [2.05, 4.69) is 11.6 Å². The Morgan fingerprint density at radius 1 is 1.64 bits per heavy atom. The van der Waals surface area contributed by atoms with Gasteiger partial charge in [-0.3, -0.25) is 0 Å². The number of pyridine rings is 1. The minimum atomic E-state index is 0.716. The second-order valence-corrected chi connectivity index (χ2v) is 3.74. The molecule has 0 saturated heterocycles. The maximum Gasteiger partial charge on any atom is 0.151 e. The third-order valence-electron chi connectivity index (χ3n) is 1.90. The van der Waals surface area contributed by atoms with Crippen molar-refractivity contribution in [3.63, 3.8) is 0 Å². The summed E-state index contributed by atoms with van der Waals surface area (Å²) in [5, 5.41) is 0. The molecule has 0 unspecified atom stereocenters. The number of aryl methyl sites for hydroxylation is 1. The highest BCUT2D eigenvalue weighted by atomic mass is 15.2. The molecule has 3 nitrogen and oxygen atoms in total. The summed E-state index contributed by atoms with van der Waals surface area (Å²) in [6, 6.07) is 1.93. The fourth-order valence-electron chi connectivity index (χ4n) is 1.38. The fraction of sp³-hybridized carbons (Fsp3) is 0.364. The standard InChI is InChI=1S/C11H17N3/c1-8(2)7-14(4)11-10(12)5-9(3)6-13-11/h5-6H,1,7,12H2,2-4H3. The van der Waals surface area contributed by atoms with Crippen molar-refractivity contribution in [1.29, 1.82) is 0 Å². The molecule has 0 aliphatic carbocycles. The summed E-state index contributed by atoms with van der Waals surface area (Å²) in [6.07, 6.45) is 1.82. The number of likely N-dealkylation sites (N-methyl/N-ethyl adjacent to an activating group) is 1. The van der Waals surface area contributed by atoms with E-state index in [0.717, 1.165) is 23.5 Å². The lowest BCUT2D eigenvalue weighted by Crippen LogP contribution is -2.21. The number of nitrogens with two attached hydrogens (primary N) is 1. The highest BCUT2D eigenvalue weighted by molar-refractivity contribution is 5.63. The molecule has 0 atom stereocenters. The van der Waals surface area contributed by atoms with Gasteiger partial charge in [0.2, 0.25) is 0 Å². The molecular weight excluding hydrogens is 174 g/mol. The molecule has 0 bridgehead atoms. The van der Waals surface area contributed by atoms with Crippen molar-refractivity contribution in [3.8, 4) is 0 Å². The molecule has 0 spiro atoms. The lowest BCUT2D eigenvalue weighted by Gasteiger charge is -2.19. The van der Waals surface area contributed by atoms with E-state index in [4.69, 9.17) is 5.73 Å². The van der Waals surface area contributed by atoms with Crippen LogP contribution in [0.2, 0.25) is 0 Å². The van der Waals surface area contributed by atoms with Gasteiger partial charge in [0.1, 0.15) is 0 Å². The Kier molecular flexibility index (Phi) is 3.12. The van der Waals surface area contributed by atoms with Gasteiger partial charge >= 0.3 is 0 Å². The highest BCUT2D eigenvalue weighted by Gasteiger charge is 2.06. The van der Waals surface area contributed by atoms with Crippen LogP contribution in [0.3, 0.4) is 0 Å². The van der Waals surface area contributed by atoms with E-state index >= 15 is 0 Å². The third kappa shape index (κ3) is 2.49. The number of nitrogens with zero attached hydrogens (tertiary/aromatic N) is 2. The third-order valence-corrected chi connectivity index (χ3v) is 1.90. The molecule has 76 valence electrons. The Hall–Kier alpha value is -1.51. The highest BCUT2D eigenvalue weighted by Crippen LogP contribution is 2.19. The zero-order valence-corrected chi connectivity index (χ0v) is 9.04. The number of aromatic nitrogens is 1. The van der Waals surface area contributed by atoms with Gasteiger partial charge < -0.3 is 10.6 Å². The fourth-order valence-corrected chi connectivity index (χ4v) is 1.38. The summed E-state index contributed by atoms with van der Waals surface area (Å²) in [5.74, 6) is 0.818. The van der Waals surface area contributed by atoms with Crippen LogP contribution < -0.4 is 10.6 Å². The minimum Gasteiger partial charge on any atom is -0.396 e. The first-order valence-corrected chi connectivity index (χ1v) is 4.58. The molecule has 0 fully saturated rings. The van der Waals surface area contributed by atoms with Crippen LogP contribution >= 0.6 is 0 Å². The van der Waals surface area contributed by atoms with Crippen LogP contribution in [0, 0.1) is 6.92 Å². The second-order valence-electron chi connectivity index (χ2n) is 3.74. The van der Waals surface area contributed by atoms with Crippen molar-refractivity contribution < 1.29 is 0 Å². The molecule has 3 heteroatoms. The average molecular weight is 191 g/mol. The Morgan fingerprint density at radius 3 is 2.79 bits per heavy atom. The molecular formula is C11H17N3. The van der Waals surface area contributed by atoms with Crippen molar-refractivity contribution in [2.24, 2.45) is 0 Å². The minimum absolute atomic E-state index is 0.716. The topological polar surface area (TPSA) is 42.2 Å². The van der Waals surface area contributed by atoms with Crippen LogP contribution in [0.1, 0.15) is 12.5 Å². The number of hydrogen-bond acceptors (Lipinski definition) is 3. The van der Waals surface area contributed by atoms with Gasteiger partial charge in [-0.25, -0.2) is 4.98 Å². The van der Waals surface area contributed by atoms with Crippen molar-refractivity contribution in [1.82, 2.24) is 4.98 Å². The molecule has 1 aromatic rings. The van der Waals surface area contributed by atoms with E-state index in [0.29, 0.717) is 5.69 Å². The molecule has 1 rings (SSSR count). The zero-order chi connectivity index (χ0) is 10.7. The Balaban J connectivity index is 2.90. The zero-order valence-electron chi connectivity index (χ0n) is 9.04. The van der Waals surface area contributed by atoms with Gasteiger partial charge in [-0.15, -0.1) is 0 Å². The molecule has 2 N–H and O–H groups in total. The van der Waals surface area contributed by atoms with Crippen molar-refractivity contribution in [3.05, 3.63) is 30.0 Å². The molecule has 1 heterocycles. The number of nitrogen functional groups attached to an aromatic ring is 1. The first-order chi connectivity index (χ1) is 6.50. The van der Waals surface area contributed by atoms with Gasteiger partial charge in [0.05, 0.1) is 5.69 Å². The van der Waals surface area contributed by atoms with Gasteiger partial charge in [-0.05, 0) is 25.5 Å². The van der Waals surface area contributed by atoms with E-state index in [1.807, 2.05) is 38.1 Å². The van der Waals surface area contributed by atoms with Gasteiger partial charge in [-0.1, -0.05) is 12.2 Å². The Morgan fingerprint density at radius 2 is 2.29 bits per heavy atom. The van der Waals surface area contributed by atoms with Crippen LogP contribution in [0.15, 0.2) is 24.4 Å². The van der Waals surface area contributed by atoms with Crippen molar-refractivity contribution in [2.75, 3.05) is 24.2 Å². The van der Waals surface area contributed by atoms with Crippen molar-refractivity contribution in [2.45, 2.75) is 13.8 Å². The lowest BCUT2D eigenvalue weighted by atomic mass is 10.2. The second kappa shape index (κ2) is 4.13. The van der Waals surface area contributed by atoms with Gasteiger partial charge in [0, 0.05) is 19.8 Å². The molecule has 0 radical (unpaired) electrons. The van der Waals surface area contributed by atoms with E-state index < -0.39 is 0 Å². The summed E-state index contributed by atoms with van der Waals surface area (Å²) in [6.45, 7) is 8.60. The summed E-state index contributed by atoms with van der Waals surface area (Å²) >= 11 is 0. The summed E-state index contributed by atoms with van der Waals surface area (Å²) in [5.41, 5.74) is 8.75. The van der Waals surface area contributed by atoms with Crippen LogP contribution in [0.25, 0.3) is 0 Å². The summed E-state index contributed by atoms with van der Waals surface area (Å²) in [7, 11) is 1.96. The van der Waals surface area contributed by atoms with E-state index in [1.165, 1.54) is 0 Å². The Labute approximate surface area is 85.3 Å². The molecule has 0 saturated carbocycles. The predicted molar refractivity (Wildman–Crippen MR) is 61.5 cm³/mol. The largest absolute Gasteiger partial charge is 0.396 e. The van der Waals surface area contributed by atoms with Gasteiger partial charge in [0.25, 0.3) is 0 Å². The van der Waals surface area contributed by atoms with E-state index in [1.54, 1.807) is 0 Å². The van der Waals surface area contributed by atoms with Crippen molar-refractivity contribution >= 4 is 11.5 Å². The predicted octanol–water partition coefficient (Wildman–Crippen LogP) is 1.98. The van der Waals surface area contributed by atoms with E-state index in [9.17, 15) is 0 Å². The molecule has 0 aliphatic heterocycles. The quantitative estimate of drug-likeness (QED) is 0.743. The normalized spacial score (nSPS) is 9.93. The summed E-state index contributed by atoms with van der Waals surface area (Å²) < 4.78 is 0.